The van der Waals surface area contributed by atoms with Crippen molar-refractivity contribution in [3.05, 3.63) is 46.2 Å². The first-order valence-electron chi connectivity index (χ1n) is 4.58. The molecule has 0 aliphatic carbocycles. The van der Waals surface area contributed by atoms with Crippen LogP contribution in [0.3, 0.4) is 0 Å². The van der Waals surface area contributed by atoms with E-state index < -0.39 is 0 Å². The van der Waals surface area contributed by atoms with Gasteiger partial charge in [-0.1, -0.05) is 29.3 Å². The van der Waals surface area contributed by atoms with E-state index in [9.17, 15) is 0 Å². The lowest BCUT2D eigenvalue weighted by molar-refractivity contribution is 0.853. The molecule has 1 aromatic heterocycles. The second-order valence-electron chi connectivity index (χ2n) is 3.16. The van der Waals surface area contributed by atoms with Gasteiger partial charge in [-0.2, -0.15) is 10.4 Å². The van der Waals surface area contributed by atoms with E-state index >= 15 is 0 Å². The highest BCUT2D eigenvalue weighted by Gasteiger charge is 2.07. The lowest BCUT2D eigenvalue weighted by Gasteiger charge is -2.04. The smallest absolute Gasteiger partial charge is 0.0849 e. The van der Waals surface area contributed by atoms with Crippen molar-refractivity contribution in [2.75, 3.05) is 0 Å². The molecule has 3 nitrogen and oxygen atoms in total. The summed E-state index contributed by atoms with van der Waals surface area (Å²) >= 11 is 12.0. The van der Waals surface area contributed by atoms with Crippen LogP contribution in [0.25, 0.3) is 5.69 Å². The molecule has 0 N–H and O–H groups in total. The van der Waals surface area contributed by atoms with Crippen LogP contribution in [0.1, 0.15) is 5.69 Å². The molecule has 0 amide bonds. The van der Waals surface area contributed by atoms with Crippen molar-refractivity contribution in [3.63, 3.8) is 0 Å². The first-order chi connectivity index (χ1) is 7.72. The fourth-order valence-electron chi connectivity index (χ4n) is 1.34. The van der Waals surface area contributed by atoms with Crippen molar-refractivity contribution in [1.29, 1.82) is 5.26 Å². The molecule has 16 heavy (non-hydrogen) atoms. The molecular formula is C11H7Cl2N3. The highest BCUT2D eigenvalue weighted by Crippen LogP contribution is 2.27. The Balaban J connectivity index is 2.43. The Labute approximate surface area is 103 Å². The fourth-order valence-corrected chi connectivity index (χ4v) is 1.72. The largest absolute Gasteiger partial charge is 0.239 e. The van der Waals surface area contributed by atoms with Crippen LogP contribution in [0.4, 0.5) is 0 Å². The quantitative estimate of drug-likeness (QED) is 0.823. The number of hydrogen-bond acceptors (Lipinski definition) is 2. The summed E-state index contributed by atoms with van der Waals surface area (Å²) in [5.41, 5.74) is 1.41. The fraction of sp³-hybridized carbons (Fsp3) is 0.0909. The Morgan fingerprint density at radius 3 is 2.88 bits per heavy atom. The molecule has 0 radical (unpaired) electrons. The van der Waals surface area contributed by atoms with Crippen LogP contribution in [-0.4, -0.2) is 9.78 Å². The molecule has 0 aliphatic heterocycles. The zero-order chi connectivity index (χ0) is 11.5. The van der Waals surface area contributed by atoms with E-state index in [4.69, 9.17) is 28.5 Å². The first-order valence-corrected chi connectivity index (χ1v) is 5.34. The van der Waals surface area contributed by atoms with Crippen molar-refractivity contribution in [1.82, 2.24) is 9.78 Å². The van der Waals surface area contributed by atoms with Crippen LogP contribution in [0.15, 0.2) is 30.5 Å². The molecule has 2 aromatic rings. The summed E-state index contributed by atoms with van der Waals surface area (Å²) in [4.78, 5) is 0. The van der Waals surface area contributed by atoms with Crippen molar-refractivity contribution in [2.45, 2.75) is 6.42 Å². The molecule has 0 bridgehead atoms. The Bertz CT molecular complexity index is 555. The summed E-state index contributed by atoms with van der Waals surface area (Å²) in [5, 5.41) is 13.7. The zero-order valence-electron chi connectivity index (χ0n) is 8.19. The number of aromatic nitrogens is 2. The first kappa shape index (κ1) is 11.0. The maximum Gasteiger partial charge on any atom is 0.0849 e. The topological polar surface area (TPSA) is 41.6 Å². The van der Waals surface area contributed by atoms with Gasteiger partial charge in [0, 0.05) is 6.20 Å². The Kier molecular flexibility index (Phi) is 3.14. The summed E-state index contributed by atoms with van der Waals surface area (Å²) in [6, 6.07) is 9.15. The summed E-state index contributed by atoms with van der Waals surface area (Å²) in [6.07, 6.45) is 2.04. The Hall–Kier alpha value is -1.50. The number of hydrogen-bond donors (Lipinski definition) is 0. The number of rotatable bonds is 2. The predicted octanol–water partition coefficient (Wildman–Crippen LogP) is 3.25. The molecule has 0 atom stereocenters. The molecule has 5 heteroatoms. The van der Waals surface area contributed by atoms with E-state index in [1.807, 2.05) is 12.1 Å². The normalized spacial score (nSPS) is 10.1. The van der Waals surface area contributed by atoms with Crippen LogP contribution in [0.5, 0.6) is 0 Å². The minimum Gasteiger partial charge on any atom is -0.239 e. The van der Waals surface area contributed by atoms with Gasteiger partial charge in [-0.15, -0.1) is 0 Å². The van der Waals surface area contributed by atoms with Gasteiger partial charge in [-0.3, -0.25) is 0 Å². The molecule has 0 spiro atoms. The monoisotopic (exact) mass is 251 g/mol. The molecule has 80 valence electrons. The maximum atomic E-state index is 8.55. The van der Waals surface area contributed by atoms with Crippen molar-refractivity contribution >= 4 is 23.2 Å². The maximum absolute atomic E-state index is 8.55. The number of nitriles is 1. The third-order valence-electron chi connectivity index (χ3n) is 2.08. The van der Waals surface area contributed by atoms with Gasteiger partial charge in [-0.05, 0) is 18.2 Å². The molecule has 0 unspecified atom stereocenters. The van der Waals surface area contributed by atoms with E-state index in [1.165, 1.54) is 0 Å². The Morgan fingerprint density at radius 1 is 1.31 bits per heavy atom. The predicted molar refractivity (Wildman–Crippen MR) is 62.9 cm³/mol. The van der Waals surface area contributed by atoms with E-state index in [0.29, 0.717) is 21.4 Å². The molecule has 0 aliphatic rings. The number of benzene rings is 1. The number of nitrogens with zero attached hydrogens (tertiary/aromatic N) is 3. The minimum absolute atomic E-state index is 0.283. The molecule has 2 rings (SSSR count). The third kappa shape index (κ3) is 2.04. The SMILES string of the molecule is N#CCc1ccn(-c2cccc(Cl)c2Cl)n1. The second-order valence-corrected chi connectivity index (χ2v) is 3.94. The molecule has 1 aromatic carbocycles. The summed E-state index contributed by atoms with van der Waals surface area (Å²) in [7, 11) is 0. The highest BCUT2D eigenvalue weighted by molar-refractivity contribution is 6.43. The van der Waals surface area contributed by atoms with Crippen molar-refractivity contribution < 1.29 is 0 Å². The molecule has 0 saturated carbocycles. The van der Waals surface area contributed by atoms with Gasteiger partial charge >= 0.3 is 0 Å². The molecule has 0 fully saturated rings. The zero-order valence-corrected chi connectivity index (χ0v) is 9.70. The van der Waals surface area contributed by atoms with E-state index in [2.05, 4.69) is 5.10 Å². The lowest BCUT2D eigenvalue weighted by Crippen LogP contribution is -1.97. The van der Waals surface area contributed by atoms with Crippen LogP contribution in [-0.2, 0) is 6.42 Å². The van der Waals surface area contributed by atoms with Gasteiger partial charge in [-0.25, -0.2) is 4.68 Å². The van der Waals surface area contributed by atoms with Gasteiger partial charge in [0.1, 0.15) is 0 Å². The average Bonchev–Trinajstić information content (AvgIpc) is 2.71. The third-order valence-corrected chi connectivity index (χ3v) is 2.89. The van der Waals surface area contributed by atoms with Gasteiger partial charge < -0.3 is 0 Å². The summed E-state index contributed by atoms with van der Waals surface area (Å²) in [5.74, 6) is 0. The van der Waals surface area contributed by atoms with Gasteiger partial charge in [0.05, 0.1) is 33.9 Å². The molecular weight excluding hydrogens is 245 g/mol. The van der Waals surface area contributed by atoms with Crippen LogP contribution < -0.4 is 0 Å². The average molecular weight is 252 g/mol. The van der Waals surface area contributed by atoms with Crippen LogP contribution in [0, 0.1) is 11.3 Å². The van der Waals surface area contributed by atoms with Gasteiger partial charge in [0.25, 0.3) is 0 Å². The summed E-state index contributed by atoms with van der Waals surface area (Å²) in [6.45, 7) is 0. The minimum atomic E-state index is 0.283. The summed E-state index contributed by atoms with van der Waals surface area (Å²) < 4.78 is 1.61. The lowest BCUT2D eigenvalue weighted by atomic mass is 10.3. The van der Waals surface area contributed by atoms with Gasteiger partial charge in [0.2, 0.25) is 0 Å². The Morgan fingerprint density at radius 2 is 2.12 bits per heavy atom. The van der Waals surface area contributed by atoms with Crippen molar-refractivity contribution in [2.24, 2.45) is 0 Å². The molecule has 1 heterocycles. The van der Waals surface area contributed by atoms with E-state index in [0.717, 1.165) is 0 Å². The second kappa shape index (κ2) is 4.56. The standard InChI is InChI=1S/C11H7Cl2N3/c12-9-2-1-3-10(11(9)13)16-7-5-8(15-16)4-6-14/h1-3,5,7H,4H2. The van der Waals surface area contributed by atoms with Crippen molar-refractivity contribution in [3.8, 4) is 11.8 Å². The van der Waals surface area contributed by atoms with Crippen LogP contribution >= 0.6 is 23.2 Å². The molecule has 0 saturated heterocycles. The van der Waals surface area contributed by atoms with E-state index in [1.54, 1.807) is 29.1 Å². The van der Waals surface area contributed by atoms with Crippen LogP contribution in [0.2, 0.25) is 10.0 Å². The van der Waals surface area contributed by atoms with E-state index in [-0.39, 0.29) is 6.42 Å². The highest BCUT2D eigenvalue weighted by atomic mass is 35.5. The van der Waals surface area contributed by atoms with Gasteiger partial charge in [0.15, 0.2) is 0 Å². The number of halogens is 2.